The maximum absolute atomic E-state index is 11.4. The van der Waals surface area contributed by atoms with Crippen LogP contribution >= 0.6 is 11.3 Å². The van der Waals surface area contributed by atoms with Crippen molar-refractivity contribution < 1.29 is 4.79 Å². The third-order valence-electron chi connectivity index (χ3n) is 2.66. The number of benzene rings is 1. The third-order valence-corrected chi connectivity index (χ3v) is 3.66. The van der Waals surface area contributed by atoms with Crippen LogP contribution < -0.4 is 5.32 Å². The summed E-state index contributed by atoms with van der Waals surface area (Å²) in [6.45, 7) is 2.62. The molecule has 16 heavy (non-hydrogen) atoms. The molecule has 1 aromatic heterocycles. The van der Waals surface area contributed by atoms with Gasteiger partial charge in [-0.25, -0.2) is 4.98 Å². The predicted octanol–water partition coefficient (Wildman–Crippen LogP) is 2.36. The number of hydrogen-bond acceptors (Lipinski definition) is 3. The van der Waals surface area contributed by atoms with Crippen molar-refractivity contribution in [3.05, 3.63) is 40.4 Å². The molecule has 1 N–H and O–H groups in total. The van der Waals surface area contributed by atoms with Crippen LogP contribution in [0.25, 0.3) is 10.6 Å². The fourth-order valence-electron chi connectivity index (χ4n) is 1.85. The molecule has 2 aromatic rings. The van der Waals surface area contributed by atoms with Gasteiger partial charge < -0.3 is 5.32 Å². The van der Waals surface area contributed by atoms with Gasteiger partial charge in [-0.3, -0.25) is 4.79 Å². The highest BCUT2D eigenvalue weighted by molar-refractivity contribution is 7.13. The number of aromatic nitrogens is 1. The van der Waals surface area contributed by atoms with Gasteiger partial charge in [0.05, 0.1) is 0 Å². The van der Waals surface area contributed by atoms with E-state index in [0.717, 1.165) is 27.4 Å². The van der Waals surface area contributed by atoms with Crippen LogP contribution in [0.1, 0.15) is 21.6 Å². The fraction of sp³-hybridized carbons (Fsp3) is 0.167. The summed E-state index contributed by atoms with van der Waals surface area (Å²) in [7, 11) is 0. The van der Waals surface area contributed by atoms with Crippen LogP contribution in [0.3, 0.4) is 0 Å². The van der Waals surface area contributed by atoms with Crippen LogP contribution in [0, 0.1) is 6.92 Å². The molecule has 0 bridgehead atoms. The smallest absolute Gasteiger partial charge is 0.251 e. The molecule has 1 aromatic carbocycles. The molecule has 3 nitrogen and oxygen atoms in total. The van der Waals surface area contributed by atoms with Crippen molar-refractivity contribution in [1.82, 2.24) is 10.3 Å². The minimum Gasteiger partial charge on any atom is -0.348 e. The molecule has 1 aliphatic rings. The quantitative estimate of drug-likeness (QED) is 0.817. The summed E-state index contributed by atoms with van der Waals surface area (Å²) < 4.78 is 0. The third kappa shape index (κ3) is 1.42. The van der Waals surface area contributed by atoms with Gasteiger partial charge >= 0.3 is 0 Å². The molecule has 0 unspecified atom stereocenters. The summed E-state index contributed by atoms with van der Waals surface area (Å²) in [4.78, 5) is 15.8. The molecule has 0 spiro atoms. The van der Waals surface area contributed by atoms with Crippen molar-refractivity contribution in [2.24, 2.45) is 0 Å². The highest BCUT2D eigenvalue weighted by atomic mass is 32.1. The normalized spacial score (nSPS) is 13.7. The molecule has 0 saturated carbocycles. The highest BCUT2D eigenvalue weighted by Gasteiger charge is 2.19. The van der Waals surface area contributed by atoms with Crippen LogP contribution in [0.5, 0.6) is 0 Å². The van der Waals surface area contributed by atoms with Crippen LogP contribution in [0.15, 0.2) is 23.6 Å². The first-order valence-electron chi connectivity index (χ1n) is 5.07. The topological polar surface area (TPSA) is 42.0 Å². The molecule has 0 atom stereocenters. The monoisotopic (exact) mass is 230 g/mol. The first-order valence-corrected chi connectivity index (χ1v) is 5.95. The van der Waals surface area contributed by atoms with Crippen LogP contribution in [0.4, 0.5) is 0 Å². The zero-order valence-corrected chi connectivity index (χ0v) is 9.60. The Hall–Kier alpha value is -1.68. The van der Waals surface area contributed by atoms with Gasteiger partial charge in [0.2, 0.25) is 0 Å². The first kappa shape index (κ1) is 9.54. The zero-order valence-electron chi connectivity index (χ0n) is 8.78. The highest BCUT2D eigenvalue weighted by Crippen LogP contribution is 2.27. The van der Waals surface area contributed by atoms with Crippen LogP contribution in [0.2, 0.25) is 0 Å². The lowest BCUT2D eigenvalue weighted by molar-refractivity contribution is 0.0966. The number of amides is 1. The van der Waals surface area contributed by atoms with E-state index in [1.165, 1.54) is 0 Å². The van der Waals surface area contributed by atoms with Crippen molar-refractivity contribution in [2.75, 3.05) is 0 Å². The summed E-state index contributed by atoms with van der Waals surface area (Å²) in [5.74, 6) is 0.0249. The molecule has 0 aliphatic carbocycles. The van der Waals surface area contributed by atoms with Crippen molar-refractivity contribution in [3.63, 3.8) is 0 Å². The number of nitrogens with one attached hydrogen (secondary N) is 1. The van der Waals surface area contributed by atoms with Crippen LogP contribution in [-0.4, -0.2) is 10.9 Å². The SMILES string of the molecule is Cc1csc(-c2ccc3c(c2)CNC3=O)n1. The largest absolute Gasteiger partial charge is 0.348 e. The van der Waals surface area contributed by atoms with Gasteiger partial charge in [-0.15, -0.1) is 11.3 Å². The maximum atomic E-state index is 11.4. The van der Waals surface area contributed by atoms with E-state index in [9.17, 15) is 4.79 Å². The Labute approximate surface area is 97.1 Å². The molecule has 0 fully saturated rings. The van der Waals surface area contributed by atoms with Crippen molar-refractivity contribution in [1.29, 1.82) is 0 Å². The van der Waals surface area contributed by atoms with E-state index < -0.39 is 0 Å². The van der Waals surface area contributed by atoms with Gasteiger partial charge in [-0.1, -0.05) is 6.07 Å². The molecule has 3 rings (SSSR count). The molecular weight excluding hydrogens is 220 g/mol. The Morgan fingerprint density at radius 2 is 2.31 bits per heavy atom. The predicted molar refractivity (Wildman–Crippen MR) is 63.5 cm³/mol. The van der Waals surface area contributed by atoms with E-state index in [1.54, 1.807) is 11.3 Å². The van der Waals surface area contributed by atoms with Crippen LogP contribution in [-0.2, 0) is 6.54 Å². The minimum absolute atomic E-state index is 0.0249. The fourth-order valence-corrected chi connectivity index (χ4v) is 2.65. The lowest BCUT2D eigenvalue weighted by Crippen LogP contribution is -2.12. The second-order valence-electron chi connectivity index (χ2n) is 3.85. The summed E-state index contributed by atoms with van der Waals surface area (Å²) in [6, 6.07) is 5.89. The van der Waals surface area contributed by atoms with Gasteiger partial charge in [0.25, 0.3) is 5.91 Å². The summed E-state index contributed by atoms with van der Waals surface area (Å²) in [6.07, 6.45) is 0. The van der Waals surface area contributed by atoms with E-state index in [2.05, 4.69) is 10.3 Å². The van der Waals surface area contributed by atoms with Crippen molar-refractivity contribution >= 4 is 17.2 Å². The van der Waals surface area contributed by atoms with E-state index in [0.29, 0.717) is 6.54 Å². The summed E-state index contributed by atoms with van der Waals surface area (Å²) >= 11 is 1.63. The molecule has 80 valence electrons. The van der Waals surface area contributed by atoms with E-state index in [-0.39, 0.29) is 5.91 Å². The molecule has 1 aliphatic heterocycles. The van der Waals surface area contributed by atoms with Gasteiger partial charge in [-0.2, -0.15) is 0 Å². The van der Waals surface area contributed by atoms with Gasteiger partial charge in [0, 0.05) is 28.7 Å². The number of thiazole rings is 1. The lowest BCUT2D eigenvalue weighted by Gasteiger charge is -1.99. The number of aryl methyl sites for hydroxylation is 1. The lowest BCUT2D eigenvalue weighted by atomic mass is 10.1. The Morgan fingerprint density at radius 1 is 1.44 bits per heavy atom. The summed E-state index contributed by atoms with van der Waals surface area (Å²) in [5, 5.41) is 5.86. The number of fused-ring (bicyclic) bond motifs is 1. The molecular formula is C12H10N2OS. The molecule has 0 radical (unpaired) electrons. The number of rotatable bonds is 1. The Morgan fingerprint density at radius 3 is 3.06 bits per heavy atom. The summed E-state index contributed by atoms with van der Waals surface area (Å²) in [5.41, 5.74) is 3.98. The first-order chi connectivity index (χ1) is 7.74. The van der Waals surface area contributed by atoms with Gasteiger partial charge in [0.15, 0.2) is 0 Å². The number of nitrogens with zero attached hydrogens (tertiary/aromatic N) is 1. The average Bonchev–Trinajstić information content (AvgIpc) is 2.86. The standard InChI is InChI=1S/C12H10N2OS/c1-7-6-16-12(14-7)8-2-3-10-9(4-8)5-13-11(10)15/h2-4,6H,5H2,1H3,(H,13,15). The Bertz CT molecular complexity index is 574. The number of carbonyl (C=O) groups is 1. The molecule has 2 heterocycles. The van der Waals surface area contributed by atoms with Crippen molar-refractivity contribution in [2.45, 2.75) is 13.5 Å². The van der Waals surface area contributed by atoms with E-state index >= 15 is 0 Å². The number of hydrogen-bond donors (Lipinski definition) is 1. The maximum Gasteiger partial charge on any atom is 0.251 e. The molecule has 0 saturated heterocycles. The Kier molecular flexibility index (Phi) is 2.04. The van der Waals surface area contributed by atoms with Gasteiger partial charge in [0.1, 0.15) is 5.01 Å². The Balaban J connectivity index is 2.08. The van der Waals surface area contributed by atoms with Gasteiger partial charge in [-0.05, 0) is 24.6 Å². The minimum atomic E-state index is 0.0249. The van der Waals surface area contributed by atoms with E-state index in [1.807, 2.05) is 30.5 Å². The molecule has 1 amide bonds. The van der Waals surface area contributed by atoms with E-state index in [4.69, 9.17) is 0 Å². The second-order valence-corrected chi connectivity index (χ2v) is 4.71. The molecule has 4 heteroatoms. The van der Waals surface area contributed by atoms with Crippen molar-refractivity contribution in [3.8, 4) is 10.6 Å². The second kappa shape index (κ2) is 3.42. The number of carbonyl (C=O) groups excluding carboxylic acids is 1. The average molecular weight is 230 g/mol. The zero-order chi connectivity index (χ0) is 11.1.